The van der Waals surface area contributed by atoms with E-state index in [1.54, 1.807) is 0 Å². The van der Waals surface area contributed by atoms with E-state index in [-0.39, 0.29) is 11.6 Å². The van der Waals surface area contributed by atoms with E-state index in [0.29, 0.717) is 13.0 Å². The molecule has 16 heavy (non-hydrogen) atoms. The lowest BCUT2D eigenvalue weighted by molar-refractivity contribution is -0.385. The molecule has 0 spiro atoms. The highest BCUT2D eigenvalue weighted by Crippen LogP contribution is 2.08. The third-order valence-electron chi connectivity index (χ3n) is 1.97. The summed E-state index contributed by atoms with van der Waals surface area (Å²) in [6.07, 6.45) is 3.39. The maximum atomic E-state index is 10.3. The predicted octanol–water partition coefficient (Wildman–Crippen LogP) is 0.958. The van der Waals surface area contributed by atoms with Crippen molar-refractivity contribution in [3.05, 3.63) is 22.5 Å². The van der Waals surface area contributed by atoms with Crippen molar-refractivity contribution in [1.82, 2.24) is 9.97 Å². The first-order valence-corrected chi connectivity index (χ1v) is 5.02. The number of hydrogen-bond acceptors (Lipinski definition) is 6. The standard InChI is InChI=1S/C9H14N4O3/c1-2-3-8(14)6-12-9-10-4-7(5-11-9)13(15)16/h4-5,8,14H,2-3,6H2,1H3,(H,10,11,12). The fraction of sp³-hybridized carbons (Fsp3) is 0.556. The lowest BCUT2D eigenvalue weighted by Gasteiger charge is -2.09. The summed E-state index contributed by atoms with van der Waals surface area (Å²) in [6, 6.07) is 0. The Balaban J connectivity index is 2.46. The van der Waals surface area contributed by atoms with Crippen LogP contribution in [0.2, 0.25) is 0 Å². The largest absolute Gasteiger partial charge is 0.391 e. The number of aromatic nitrogens is 2. The van der Waals surface area contributed by atoms with Gasteiger partial charge in [0, 0.05) is 6.54 Å². The number of nitro groups is 1. The molecule has 0 amide bonds. The normalized spacial score (nSPS) is 12.1. The molecule has 0 radical (unpaired) electrons. The second kappa shape index (κ2) is 5.96. The molecule has 2 N–H and O–H groups in total. The topological polar surface area (TPSA) is 101 Å². The van der Waals surface area contributed by atoms with Crippen LogP contribution in [-0.4, -0.2) is 32.6 Å². The van der Waals surface area contributed by atoms with Crippen LogP contribution in [0.1, 0.15) is 19.8 Å². The molecule has 0 fully saturated rings. The first-order valence-electron chi connectivity index (χ1n) is 5.02. The zero-order valence-corrected chi connectivity index (χ0v) is 8.96. The first kappa shape index (κ1) is 12.3. The van der Waals surface area contributed by atoms with Gasteiger partial charge in [-0.05, 0) is 6.42 Å². The smallest absolute Gasteiger partial charge is 0.305 e. The Kier molecular flexibility index (Phi) is 4.59. The Morgan fingerprint density at radius 1 is 1.56 bits per heavy atom. The molecule has 88 valence electrons. The Morgan fingerprint density at radius 2 is 2.19 bits per heavy atom. The summed E-state index contributed by atoms with van der Waals surface area (Å²) in [7, 11) is 0. The molecule has 1 atom stereocenters. The van der Waals surface area contributed by atoms with Crippen molar-refractivity contribution in [3.63, 3.8) is 0 Å². The summed E-state index contributed by atoms with van der Waals surface area (Å²) < 4.78 is 0. The summed E-state index contributed by atoms with van der Waals surface area (Å²) in [4.78, 5) is 17.3. The zero-order chi connectivity index (χ0) is 12.0. The maximum absolute atomic E-state index is 10.3. The molecule has 0 aliphatic heterocycles. The summed E-state index contributed by atoms with van der Waals surface area (Å²) in [5.74, 6) is 0.278. The molecule has 0 saturated heterocycles. The van der Waals surface area contributed by atoms with E-state index in [9.17, 15) is 15.2 Å². The van der Waals surface area contributed by atoms with E-state index in [4.69, 9.17) is 0 Å². The maximum Gasteiger partial charge on any atom is 0.305 e. The summed E-state index contributed by atoms with van der Waals surface area (Å²) in [5.41, 5.74) is -0.153. The molecule has 0 bridgehead atoms. The molecule has 7 nitrogen and oxygen atoms in total. The van der Waals surface area contributed by atoms with Crippen LogP contribution in [0.15, 0.2) is 12.4 Å². The third kappa shape index (κ3) is 3.77. The van der Waals surface area contributed by atoms with Gasteiger partial charge in [-0.3, -0.25) is 10.1 Å². The average Bonchev–Trinajstić information content (AvgIpc) is 2.27. The van der Waals surface area contributed by atoms with Gasteiger partial charge < -0.3 is 10.4 Å². The summed E-state index contributed by atoms with van der Waals surface area (Å²) >= 11 is 0. The number of nitrogens with one attached hydrogen (secondary N) is 1. The third-order valence-corrected chi connectivity index (χ3v) is 1.97. The fourth-order valence-electron chi connectivity index (χ4n) is 1.15. The quantitative estimate of drug-likeness (QED) is 0.553. The van der Waals surface area contributed by atoms with Crippen LogP contribution in [0.4, 0.5) is 11.6 Å². The number of rotatable bonds is 6. The van der Waals surface area contributed by atoms with E-state index in [2.05, 4.69) is 15.3 Å². The molecule has 0 aliphatic carbocycles. The summed E-state index contributed by atoms with van der Waals surface area (Å²) in [6.45, 7) is 2.32. The van der Waals surface area contributed by atoms with Crippen LogP contribution in [-0.2, 0) is 0 Å². The molecule has 0 saturated carbocycles. The number of anilines is 1. The van der Waals surface area contributed by atoms with Crippen molar-refractivity contribution in [3.8, 4) is 0 Å². The van der Waals surface area contributed by atoms with Crippen LogP contribution in [0.5, 0.6) is 0 Å². The van der Waals surface area contributed by atoms with Crippen molar-refractivity contribution in [2.45, 2.75) is 25.9 Å². The SMILES string of the molecule is CCCC(O)CNc1ncc([N+](=O)[O-])cn1. The van der Waals surface area contributed by atoms with Gasteiger partial charge in [0.2, 0.25) is 5.95 Å². The minimum Gasteiger partial charge on any atom is -0.391 e. The molecule has 1 unspecified atom stereocenters. The van der Waals surface area contributed by atoms with Crippen LogP contribution in [0, 0.1) is 10.1 Å². The molecule has 1 heterocycles. The van der Waals surface area contributed by atoms with Crippen molar-refractivity contribution in [2.75, 3.05) is 11.9 Å². The van der Waals surface area contributed by atoms with Gasteiger partial charge in [0.1, 0.15) is 12.4 Å². The lowest BCUT2D eigenvalue weighted by atomic mass is 10.2. The van der Waals surface area contributed by atoms with E-state index in [1.807, 2.05) is 6.92 Å². The van der Waals surface area contributed by atoms with Gasteiger partial charge in [-0.1, -0.05) is 13.3 Å². The average molecular weight is 226 g/mol. The van der Waals surface area contributed by atoms with Crippen LogP contribution in [0.25, 0.3) is 0 Å². The van der Waals surface area contributed by atoms with Gasteiger partial charge in [0.05, 0.1) is 11.0 Å². The van der Waals surface area contributed by atoms with Gasteiger partial charge in [0.15, 0.2) is 0 Å². The molecule has 1 aromatic rings. The van der Waals surface area contributed by atoms with Crippen molar-refractivity contribution >= 4 is 11.6 Å². The van der Waals surface area contributed by atoms with E-state index in [1.165, 1.54) is 0 Å². The monoisotopic (exact) mass is 226 g/mol. The van der Waals surface area contributed by atoms with Crippen LogP contribution in [0.3, 0.4) is 0 Å². The van der Waals surface area contributed by atoms with Crippen molar-refractivity contribution < 1.29 is 10.0 Å². The van der Waals surface area contributed by atoms with Gasteiger partial charge in [-0.15, -0.1) is 0 Å². The minimum atomic E-state index is -0.560. The Bertz CT molecular complexity index is 341. The lowest BCUT2D eigenvalue weighted by Crippen LogP contribution is -2.20. The molecule has 0 aromatic carbocycles. The Labute approximate surface area is 92.7 Å². The van der Waals surface area contributed by atoms with E-state index in [0.717, 1.165) is 18.8 Å². The van der Waals surface area contributed by atoms with Gasteiger partial charge in [-0.2, -0.15) is 0 Å². The van der Waals surface area contributed by atoms with Gasteiger partial charge in [-0.25, -0.2) is 9.97 Å². The van der Waals surface area contributed by atoms with Crippen LogP contribution >= 0.6 is 0 Å². The molecule has 7 heteroatoms. The summed E-state index contributed by atoms with van der Waals surface area (Å²) in [5, 5.41) is 22.6. The minimum absolute atomic E-state index is 0.153. The second-order valence-electron chi connectivity index (χ2n) is 3.35. The Hall–Kier alpha value is -1.76. The molecule has 1 rings (SSSR count). The molecule has 1 aromatic heterocycles. The van der Waals surface area contributed by atoms with Crippen molar-refractivity contribution in [2.24, 2.45) is 0 Å². The van der Waals surface area contributed by atoms with Crippen molar-refractivity contribution in [1.29, 1.82) is 0 Å². The first-order chi connectivity index (χ1) is 7.63. The number of aliphatic hydroxyl groups excluding tert-OH is 1. The molecular weight excluding hydrogens is 212 g/mol. The highest BCUT2D eigenvalue weighted by atomic mass is 16.6. The Morgan fingerprint density at radius 3 is 2.69 bits per heavy atom. The van der Waals surface area contributed by atoms with Crippen LogP contribution < -0.4 is 5.32 Å². The molecular formula is C9H14N4O3. The molecule has 0 aliphatic rings. The fourth-order valence-corrected chi connectivity index (χ4v) is 1.15. The zero-order valence-electron chi connectivity index (χ0n) is 8.96. The van der Waals surface area contributed by atoms with E-state index >= 15 is 0 Å². The predicted molar refractivity (Wildman–Crippen MR) is 58.1 cm³/mol. The van der Waals surface area contributed by atoms with Gasteiger partial charge in [0.25, 0.3) is 0 Å². The second-order valence-corrected chi connectivity index (χ2v) is 3.35. The number of hydrogen-bond donors (Lipinski definition) is 2. The van der Waals surface area contributed by atoms with Gasteiger partial charge >= 0.3 is 5.69 Å². The highest BCUT2D eigenvalue weighted by molar-refractivity contribution is 5.30. The number of nitrogens with zero attached hydrogens (tertiary/aromatic N) is 3. The number of aliphatic hydroxyl groups is 1. The highest BCUT2D eigenvalue weighted by Gasteiger charge is 2.07. The van der Waals surface area contributed by atoms with E-state index < -0.39 is 11.0 Å².